The molecular weight excluding hydrogens is 247 g/mol. The van der Waals surface area contributed by atoms with Crippen LogP contribution in [0.15, 0.2) is 18.2 Å². The highest BCUT2D eigenvalue weighted by Crippen LogP contribution is 2.28. The first kappa shape index (κ1) is 13.9. The van der Waals surface area contributed by atoms with Crippen molar-refractivity contribution in [2.24, 2.45) is 0 Å². The summed E-state index contributed by atoms with van der Waals surface area (Å²) in [5.41, 5.74) is -1.05. The van der Waals surface area contributed by atoms with Gasteiger partial charge in [-0.05, 0) is 31.5 Å². The minimum absolute atomic E-state index is 0.0911. The predicted octanol–water partition coefficient (Wildman–Crippen LogP) is 2.64. The zero-order valence-electron chi connectivity index (χ0n) is 9.67. The summed E-state index contributed by atoms with van der Waals surface area (Å²) in [6.45, 7) is 3.38. The Balaban J connectivity index is 2.88. The first-order valence-electron chi connectivity index (χ1n) is 5.20. The van der Waals surface area contributed by atoms with E-state index in [9.17, 15) is 14.3 Å². The molecule has 5 heteroatoms. The van der Waals surface area contributed by atoms with Crippen LogP contribution in [0.3, 0.4) is 0 Å². The third-order valence-corrected chi connectivity index (χ3v) is 2.63. The first-order chi connectivity index (χ1) is 7.86. The fourth-order valence-corrected chi connectivity index (χ4v) is 1.61. The average Bonchev–Trinajstić information content (AvgIpc) is 2.21. The molecule has 0 aliphatic heterocycles. The minimum atomic E-state index is -1.43. The maximum atomic E-state index is 13.0. The van der Waals surface area contributed by atoms with E-state index in [0.717, 1.165) is 6.07 Å². The lowest BCUT2D eigenvalue weighted by atomic mass is 9.92. The van der Waals surface area contributed by atoms with Gasteiger partial charge in [-0.2, -0.15) is 0 Å². The van der Waals surface area contributed by atoms with Crippen LogP contribution in [-0.4, -0.2) is 17.7 Å². The molecule has 0 aromatic heterocycles. The first-order valence-corrected chi connectivity index (χ1v) is 5.58. The number of esters is 1. The van der Waals surface area contributed by atoms with Crippen LogP contribution in [0, 0.1) is 5.82 Å². The molecule has 3 nitrogen and oxygen atoms in total. The van der Waals surface area contributed by atoms with Crippen LogP contribution in [-0.2, 0) is 15.1 Å². The van der Waals surface area contributed by atoms with Crippen LogP contribution in [0.1, 0.15) is 25.8 Å². The monoisotopic (exact) mass is 260 g/mol. The van der Waals surface area contributed by atoms with Crippen LogP contribution in [0.2, 0.25) is 5.02 Å². The highest BCUT2D eigenvalue weighted by molar-refractivity contribution is 6.30. The molecule has 0 spiro atoms. The number of halogens is 2. The standard InChI is InChI=1S/C12H14ClFO3/c1-3-17-11(15)7-12(2,16)8-4-5-10(14)9(13)6-8/h4-6,16H,3,7H2,1-2H3. The molecule has 0 aliphatic carbocycles. The van der Waals surface area contributed by atoms with Crippen molar-refractivity contribution < 1.29 is 19.0 Å². The molecule has 0 amide bonds. The number of hydrogen-bond acceptors (Lipinski definition) is 3. The van der Waals surface area contributed by atoms with E-state index in [2.05, 4.69) is 0 Å². The van der Waals surface area contributed by atoms with Crippen molar-refractivity contribution in [1.29, 1.82) is 0 Å². The van der Waals surface area contributed by atoms with E-state index in [1.54, 1.807) is 6.92 Å². The van der Waals surface area contributed by atoms with Gasteiger partial charge in [0.2, 0.25) is 0 Å². The number of aliphatic hydroxyl groups is 1. The molecule has 17 heavy (non-hydrogen) atoms. The van der Waals surface area contributed by atoms with Gasteiger partial charge >= 0.3 is 5.97 Å². The molecule has 1 aromatic carbocycles. The second-order valence-corrected chi connectivity index (χ2v) is 4.29. The highest BCUT2D eigenvalue weighted by atomic mass is 35.5. The summed E-state index contributed by atoms with van der Waals surface area (Å²) >= 11 is 5.62. The molecule has 0 fully saturated rings. The molecule has 1 atom stereocenters. The fourth-order valence-electron chi connectivity index (χ4n) is 1.43. The zero-order chi connectivity index (χ0) is 13.1. The van der Waals surface area contributed by atoms with Crippen molar-refractivity contribution in [1.82, 2.24) is 0 Å². The van der Waals surface area contributed by atoms with Crippen LogP contribution < -0.4 is 0 Å². The molecule has 1 rings (SSSR count). The summed E-state index contributed by atoms with van der Waals surface area (Å²) < 4.78 is 17.7. The third kappa shape index (κ3) is 3.68. The molecule has 0 aliphatic rings. The lowest BCUT2D eigenvalue weighted by Crippen LogP contribution is -2.26. The van der Waals surface area contributed by atoms with E-state index in [4.69, 9.17) is 16.3 Å². The van der Waals surface area contributed by atoms with Gasteiger partial charge in [-0.3, -0.25) is 4.79 Å². The van der Waals surface area contributed by atoms with Crippen LogP contribution >= 0.6 is 11.6 Å². The Morgan fingerprint density at radius 3 is 2.76 bits per heavy atom. The molecule has 1 N–H and O–H groups in total. The van der Waals surface area contributed by atoms with Gasteiger partial charge in [0.05, 0.1) is 23.7 Å². The zero-order valence-corrected chi connectivity index (χ0v) is 10.4. The van der Waals surface area contributed by atoms with Crippen molar-refractivity contribution in [3.05, 3.63) is 34.6 Å². The van der Waals surface area contributed by atoms with E-state index in [1.165, 1.54) is 19.1 Å². The number of ether oxygens (including phenoxy) is 1. The fraction of sp³-hybridized carbons (Fsp3) is 0.417. The molecule has 0 radical (unpaired) electrons. The summed E-state index contributed by atoms with van der Waals surface area (Å²) in [4.78, 5) is 11.3. The summed E-state index contributed by atoms with van der Waals surface area (Å²) in [5, 5.41) is 10.0. The van der Waals surface area contributed by atoms with E-state index in [1.807, 2.05) is 0 Å². The number of carbonyl (C=O) groups is 1. The topological polar surface area (TPSA) is 46.5 Å². The Morgan fingerprint density at radius 2 is 2.24 bits per heavy atom. The highest BCUT2D eigenvalue weighted by Gasteiger charge is 2.28. The largest absolute Gasteiger partial charge is 0.466 e. The van der Waals surface area contributed by atoms with Gasteiger partial charge in [0.15, 0.2) is 0 Å². The molecular formula is C12H14ClFO3. The number of rotatable bonds is 4. The molecule has 0 saturated carbocycles. The summed E-state index contributed by atoms with van der Waals surface area (Å²) in [5.74, 6) is -1.08. The van der Waals surface area contributed by atoms with Crippen LogP contribution in [0.4, 0.5) is 4.39 Å². The SMILES string of the molecule is CCOC(=O)CC(C)(O)c1ccc(F)c(Cl)c1. The number of hydrogen-bond donors (Lipinski definition) is 1. The number of carbonyl (C=O) groups excluding carboxylic acids is 1. The Bertz CT molecular complexity index is 418. The Morgan fingerprint density at radius 1 is 1.59 bits per heavy atom. The van der Waals surface area contributed by atoms with Crippen LogP contribution in [0.5, 0.6) is 0 Å². The lowest BCUT2D eigenvalue weighted by Gasteiger charge is -2.22. The molecule has 1 unspecified atom stereocenters. The van der Waals surface area contributed by atoms with Gasteiger partial charge in [-0.25, -0.2) is 4.39 Å². The van der Waals surface area contributed by atoms with E-state index >= 15 is 0 Å². The Hall–Kier alpha value is -1.13. The Labute approximate surface area is 104 Å². The van der Waals surface area contributed by atoms with Gasteiger partial charge in [0, 0.05) is 0 Å². The van der Waals surface area contributed by atoms with Crippen molar-refractivity contribution in [2.45, 2.75) is 25.9 Å². The second kappa shape index (κ2) is 5.47. The van der Waals surface area contributed by atoms with E-state index in [0.29, 0.717) is 5.56 Å². The quantitative estimate of drug-likeness (QED) is 0.847. The lowest BCUT2D eigenvalue weighted by molar-refractivity contribution is -0.148. The molecule has 94 valence electrons. The normalized spacial score (nSPS) is 14.2. The minimum Gasteiger partial charge on any atom is -0.466 e. The summed E-state index contributed by atoms with van der Waals surface area (Å²) in [6.07, 6.45) is -0.206. The molecule has 1 aromatic rings. The van der Waals surface area contributed by atoms with Gasteiger partial charge in [0.1, 0.15) is 5.82 Å². The van der Waals surface area contributed by atoms with Gasteiger partial charge in [-0.15, -0.1) is 0 Å². The maximum absolute atomic E-state index is 13.0. The summed E-state index contributed by atoms with van der Waals surface area (Å²) in [7, 11) is 0. The van der Waals surface area contributed by atoms with E-state index in [-0.39, 0.29) is 18.1 Å². The number of benzene rings is 1. The second-order valence-electron chi connectivity index (χ2n) is 3.88. The Kier molecular flexibility index (Phi) is 4.48. The van der Waals surface area contributed by atoms with Gasteiger partial charge in [0.25, 0.3) is 0 Å². The molecule has 0 saturated heterocycles. The summed E-state index contributed by atoms with van der Waals surface area (Å²) in [6, 6.07) is 3.84. The molecule has 0 bridgehead atoms. The third-order valence-electron chi connectivity index (χ3n) is 2.34. The smallest absolute Gasteiger partial charge is 0.309 e. The average molecular weight is 261 g/mol. The molecule has 0 heterocycles. The van der Waals surface area contributed by atoms with Crippen LogP contribution in [0.25, 0.3) is 0 Å². The van der Waals surface area contributed by atoms with Crippen molar-refractivity contribution in [2.75, 3.05) is 6.61 Å². The van der Waals surface area contributed by atoms with Gasteiger partial charge < -0.3 is 9.84 Å². The van der Waals surface area contributed by atoms with Crippen molar-refractivity contribution in [3.63, 3.8) is 0 Å². The van der Waals surface area contributed by atoms with Crippen molar-refractivity contribution in [3.8, 4) is 0 Å². The predicted molar refractivity (Wildman–Crippen MR) is 62.2 cm³/mol. The maximum Gasteiger partial charge on any atom is 0.309 e. The van der Waals surface area contributed by atoms with E-state index < -0.39 is 17.4 Å². The van der Waals surface area contributed by atoms with Crippen molar-refractivity contribution >= 4 is 17.6 Å². The van der Waals surface area contributed by atoms with Gasteiger partial charge in [-0.1, -0.05) is 17.7 Å².